The average Bonchev–Trinajstić information content (AvgIpc) is 2.63. The van der Waals surface area contributed by atoms with Crippen molar-refractivity contribution < 1.29 is 13.2 Å². The van der Waals surface area contributed by atoms with Crippen LogP contribution in [0, 0.1) is 0 Å². The molecule has 0 aliphatic heterocycles. The number of hydrogen-bond acceptors (Lipinski definition) is 6. The molecule has 0 unspecified atom stereocenters. The highest BCUT2D eigenvalue weighted by molar-refractivity contribution is 8.14. The van der Waals surface area contributed by atoms with Crippen molar-refractivity contribution in [3.8, 4) is 5.75 Å². The van der Waals surface area contributed by atoms with Crippen LogP contribution in [0.1, 0.15) is 6.92 Å². The maximum Gasteiger partial charge on any atom is 0.267 e. The first-order chi connectivity index (χ1) is 7.54. The number of benzene rings is 1. The van der Waals surface area contributed by atoms with Crippen molar-refractivity contribution in [2.75, 3.05) is 6.61 Å². The minimum atomic E-state index is -3.90. The van der Waals surface area contributed by atoms with Crippen LogP contribution in [0.15, 0.2) is 17.0 Å². The van der Waals surface area contributed by atoms with Crippen LogP contribution in [-0.4, -0.2) is 24.6 Å². The first-order valence-electron chi connectivity index (χ1n) is 4.36. The van der Waals surface area contributed by atoms with Crippen molar-refractivity contribution in [1.82, 2.24) is 9.59 Å². The molecule has 1 aromatic carbocycles. The summed E-state index contributed by atoms with van der Waals surface area (Å²) in [6.45, 7) is 2.11. The van der Waals surface area contributed by atoms with Crippen molar-refractivity contribution in [1.29, 1.82) is 0 Å². The summed E-state index contributed by atoms with van der Waals surface area (Å²) in [5.41, 5.74) is 0.256. The normalized spacial score (nSPS) is 11.9. The second-order valence-electron chi connectivity index (χ2n) is 2.88. The Morgan fingerprint density at radius 1 is 1.50 bits per heavy atom. The largest absolute Gasteiger partial charge is 0.492 e. The van der Waals surface area contributed by atoms with E-state index >= 15 is 0 Å². The summed E-state index contributed by atoms with van der Waals surface area (Å²) in [6, 6.07) is 3.26. The summed E-state index contributed by atoms with van der Waals surface area (Å²) in [5.74, 6) is 0.206. The fraction of sp³-hybridized carbons (Fsp3) is 0.250. The molecule has 1 aromatic heterocycles. The van der Waals surface area contributed by atoms with Crippen molar-refractivity contribution in [3.63, 3.8) is 0 Å². The lowest BCUT2D eigenvalue weighted by Gasteiger charge is -2.07. The second-order valence-corrected chi connectivity index (χ2v) is 6.17. The van der Waals surface area contributed by atoms with Crippen LogP contribution in [0.3, 0.4) is 0 Å². The average molecular weight is 279 g/mol. The van der Waals surface area contributed by atoms with Gasteiger partial charge in [0.1, 0.15) is 11.3 Å². The summed E-state index contributed by atoms with van der Waals surface area (Å²) in [5, 5.41) is 3.75. The number of aromatic nitrogens is 2. The third kappa shape index (κ3) is 1.98. The molecule has 0 N–H and O–H groups in total. The zero-order valence-electron chi connectivity index (χ0n) is 8.18. The van der Waals surface area contributed by atoms with E-state index < -0.39 is 9.05 Å². The quantitative estimate of drug-likeness (QED) is 0.804. The Kier molecular flexibility index (Phi) is 3.00. The molecule has 0 saturated carbocycles. The van der Waals surface area contributed by atoms with Gasteiger partial charge in [0.2, 0.25) is 0 Å². The Labute approximate surface area is 101 Å². The lowest BCUT2D eigenvalue weighted by Crippen LogP contribution is -2.00. The molecule has 16 heavy (non-hydrogen) atoms. The highest BCUT2D eigenvalue weighted by Gasteiger charge is 2.23. The van der Waals surface area contributed by atoms with Crippen LogP contribution >= 0.6 is 22.2 Å². The minimum Gasteiger partial charge on any atom is -0.492 e. The Morgan fingerprint density at radius 2 is 2.25 bits per heavy atom. The van der Waals surface area contributed by atoms with Gasteiger partial charge in [0, 0.05) is 10.7 Å². The third-order valence-corrected chi connectivity index (χ3v) is 3.92. The molecule has 5 nitrogen and oxygen atoms in total. The second kappa shape index (κ2) is 4.15. The van der Waals surface area contributed by atoms with E-state index in [2.05, 4.69) is 9.59 Å². The summed E-state index contributed by atoms with van der Waals surface area (Å²) in [6.07, 6.45) is 0. The summed E-state index contributed by atoms with van der Waals surface area (Å²) >= 11 is 1.10. The van der Waals surface area contributed by atoms with E-state index in [1.807, 2.05) is 0 Å². The molecule has 0 bridgehead atoms. The van der Waals surface area contributed by atoms with Crippen LogP contribution in [0.4, 0.5) is 0 Å². The molecular weight excluding hydrogens is 272 g/mol. The fourth-order valence-electron chi connectivity index (χ4n) is 1.31. The van der Waals surface area contributed by atoms with E-state index in [1.165, 1.54) is 0 Å². The van der Waals surface area contributed by atoms with E-state index in [4.69, 9.17) is 15.4 Å². The molecule has 0 aliphatic rings. The van der Waals surface area contributed by atoms with Crippen molar-refractivity contribution >= 4 is 41.5 Å². The number of halogens is 1. The van der Waals surface area contributed by atoms with Gasteiger partial charge in [0.05, 0.1) is 11.3 Å². The van der Waals surface area contributed by atoms with Crippen LogP contribution in [0.5, 0.6) is 5.75 Å². The molecule has 0 spiro atoms. The maximum absolute atomic E-state index is 11.5. The van der Waals surface area contributed by atoms with Crippen molar-refractivity contribution in [3.05, 3.63) is 12.1 Å². The van der Waals surface area contributed by atoms with Gasteiger partial charge in [-0.1, -0.05) is 4.49 Å². The Bertz CT molecular complexity index is 623. The maximum atomic E-state index is 11.5. The first kappa shape index (κ1) is 11.6. The van der Waals surface area contributed by atoms with Crippen LogP contribution in [-0.2, 0) is 9.05 Å². The highest BCUT2D eigenvalue weighted by atomic mass is 35.7. The van der Waals surface area contributed by atoms with E-state index in [0.29, 0.717) is 11.3 Å². The minimum absolute atomic E-state index is 0.109. The molecule has 8 heteroatoms. The van der Waals surface area contributed by atoms with E-state index in [-0.39, 0.29) is 16.2 Å². The molecule has 0 atom stereocenters. The lowest BCUT2D eigenvalue weighted by atomic mass is 10.3. The monoisotopic (exact) mass is 278 g/mol. The lowest BCUT2D eigenvalue weighted by molar-refractivity contribution is 0.332. The molecule has 0 aliphatic carbocycles. The first-order valence-corrected chi connectivity index (χ1v) is 7.45. The van der Waals surface area contributed by atoms with Gasteiger partial charge >= 0.3 is 0 Å². The topological polar surface area (TPSA) is 69.2 Å². The van der Waals surface area contributed by atoms with Gasteiger partial charge in [0.25, 0.3) is 9.05 Å². The number of hydrogen-bond donors (Lipinski definition) is 0. The van der Waals surface area contributed by atoms with E-state index in [0.717, 1.165) is 11.5 Å². The van der Waals surface area contributed by atoms with Gasteiger partial charge in [-0.3, -0.25) is 0 Å². The predicted molar refractivity (Wildman–Crippen MR) is 61.6 cm³/mol. The highest BCUT2D eigenvalue weighted by Crippen LogP contribution is 2.34. The molecule has 2 aromatic rings. The van der Waals surface area contributed by atoms with Crippen molar-refractivity contribution in [2.24, 2.45) is 0 Å². The summed E-state index contributed by atoms with van der Waals surface area (Å²) in [4.78, 5) is -0.109. The predicted octanol–water partition coefficient (Wildman–Crippen LogP) is 2.02. The molecule has 2 rings (SSSR count). The van der Waals surface area contributed by atoms with Gasteiger partial charge in [-0.25, -0.2) is 8.42 Å². The molecule has 0 fully saturated rings. The zero-order valence-corrected chi connectivity index (χ0v) is 10.6. The standard InChI is InChI=1S/C8H7ClN2O3S2/c1-2-14-5-3-4-6-7(10-11-15-6)8(5)16(9,12)13/h3-4H,2H2,1H3. The molecule has 86 valence electrons. The van der Waals surface area contributed by atoms with Crippen LogP contribution < -0.4 is 4.74 Å². The molecule has 1 heterocycles. The van der Waals surface area contributed by atoms with Crippen molar-refractivity contribution in [2.45, 2.75) is 11.8 Å². The summed E-state index contributed by atoms with van der Waals surface area (Å²) < 4.78 is 32.5. The number of ether oxygens (including phenoxy) is 1. The zero-order chi connectivity index (χ0) is 11.8. The van der Waals surface area contributed by atoms with Gasteiger partial charge in [-0.05, 0) is 30.6 Å². The number of rotatable bonds is 3. The third-order valence-electron chi connectivity index (χ3n) is 1.88. The van der Waals surface area contributed by atoms with Gasteiger partial charge in [-0.2, -0.15) is 0 Å². The number of fused-ring (bicyclic) bond motifs is 1. The van der Waals surface area contributed by atoms with E-state index in [1.54, 1.807) is 19.1 Å². The van der Waals surface area contributed by atoms with Crippen LogP contribution in [0.2, 0.25) is 0 Å². The molecule has 0 radical (unpaired) electrons. The Balaban J connectivity index is 2.81. The Hall–Kier alpha value is -0.920. The van der Waals surface area contributed by atoms with Gasteiger partial charge < -0.3 is 4.74 Å². The molecular formula is C8H7ClN2O3S2. The summed E-state index contributed by atoms with van der Waals surface area (Å²) in [7, 11) is 1.46. The smallest absolute Gasteiger partial charge is 0.267 e. The SMILES string of the molecule is CCOc1ccc2snnc2c1S(=O)(=O)Cl. The fourth-order valence-corrected chi connectivity index (χ4v) is 3.14. The Morgan fingerprint density at radius 3 is 2.88 bits per heavy atom. The van der Waals surface area contributed by atoms with Gasteiger partial charge in [0.15, 0.2) is 4.90 Å². The number of nitrogens with zero attached hydrogens (tertiary/aromatic N) is 2. The molecule has 0 amide bonds. The molecule has 0 saturated heterocycles. The van der Waals surface area contributed by atoms with Gasteiger partial charge in [-0.15, -0.1) is 5.10 Å². The van der Waals surface area contributed by atoms with E-state index in [9.17, 15) is 8.42 Å². The van der Waals surface area contributed by atoms with Crippen LogP contribution in [0.25, 0.3) is 10.2 Å².